The van der Waals surface area contributed by atoms with Crippen LogP contribution in [0.3, 0.4) is 0 Å². The highest BCUT2D eigenvalue weighted by Gasteiger charge is 2.17. The molecule has 0 bridgehead atoms. The number of rotatable bonds is 9. The van der Waals surface area contributed by atoms with Crippen molar-refractivity contribution in [3.8, 4) is 11.5 Å². The van der Waals surface area contributed by atoms with E-state index in [0.29, 0.717) is 41.3 Å². The van der Waals surface area contributed by atoms with E-state index >= 15 is 0 Å². The predicted molar refractivity (Wildman–Crippen MR) is 106 cm³/mol. The minimum atomic E-state index is -0.377. The highest BCUT2D eigenvalue weighted by Crippen LogP contribution is 2.37. The summed E-state index contributed by atoms with van der Waals surface area (Å²) in [4.78, 5) is 0. The molecule has 0 spiro atoms. The summed E-state index contributed by atoms with van der Waals surface area (Å²) in [5, 5.41) is 13.8. The molecule has 0 saturated heterocycles. The first-order chi connectivity index (χ1) is 12.4. The van der Waals surface area contributed by atoms with Crippen LogP contribution in [-0.2, 0) is 13.2 Å². The molecule has 2 rings (SSSR count). The third-order valence-electron chi connectivity index (χ3n) is 3.87. The summed E-state index contributed by atoms with van der Waals surface area (Å²) >= 11 is 12.6. The van der Waals surface area contributed by atoms with Gasteiger partial charge in [0.2, 0.25) is 0 Å². The van der Waals surface area contributed by atoms with E-state index < -0.39 is 0 Å². The fraction of sp³-hybridized carbons (Fsp3) is 0.400. The summed E-state index contributed by atoms with van der Waals surface area (Å²) < 4.78 is 11.6. The number of hydrogen-bond acceptors (Lipinski definition) is 4. The van der Waals surface area contributed by atoms with Gasteiger partial charge in [-0.05, 0) is 44.5 Å². The molecule has 26 heavy (non-hydrogen) atoms. The fourth-order valence-electron chi connectivity index (χ4n) is 2.29. The Morgan fingerprint density at radius 3 is 2.46 bits per heavy atom. The Kier molecular flexibility index (Phi) is 7.59. The lowest BCUT2D eigenvalue weighted by atomic mass is 10.1. The number of nitrogens with one attached hydrogen (secondary N) is 1. The maximum absolute atomic E-state index is 9.37. The average molecular weight is 398 g/mol. The lowest BCUT2D eigenvalue weighted by molar-refractivity contribution is 0.187. The lowest BCUT2D eigenvalue weighted by Crippen LogP contribution is -2.42. The Balaban J connectivity index is 2.19. The molecular formula is C20H25Cl2NO3. The van der Waals surface area contributed by atoms with Gasteiger partial charge in [-0.25, -0.2) is 0 Å². The van der Waals surface area contributed by atoms with Crippen LogP contribution in [0.4, 0.5) is 0 Å². The molecule has 0 aliphatic heterocycles. The van der Waals surface area contributed by atoms with Crippen molar-refractivity contribution < 1.29 is 14.6 Å². The fourth-order valence-corrected chi connectivity index (χ4v) is 2.77. The first kappa shape index (κ1) is 20.8. The van der Waals surface area contributed by atoms with Crippen LogP contribution in [-0.4, -0.2) is 23.9 Å². The number of hydrogen-bond donors (Lipinski definition) is 2. The molecule has 2 N–H and O–H groups in total. The van der Waals surface area contributed by atoms with Gasteiger partial charge in [0.05, 0.1) is 18.2 Å². The molecule has 4 nitrogen and oxygen atoms in total. The van der Waals surface area contributed by atoms with Crippen LogP contribution in [0.25, 0.3) is 0 Å². The molecular weight excluding hydrogens is 373 g/mol. The molecule has 0 aliphatic rings. The van der Waals surface area contributed by atoms with Crippen molar-refractivity contribution in [1.82, 2.24) is 5.32 Å². The van der Waals surface area contributed by atoms with E-state index in [9.17, 15) is 5.11 Å². The second kappa shape index (κ2) is 9.47. The summed E-state index contributed by atoms with van der Waals surface area (Å²) in [5.74, 6) is 1.09. The molecule has 0 saturated carbocycles. The minimum Gasteiger partial charge on any atom is -0.490 e. The van der Waals surface area contributed by atoms with Gasteiger partial charge in [0.25, 0.3) is 0 Å². The molecule has 2 aromatic rings. The molecule has 6 heteroatoms. The Morgan fingerprint density at radius 1 is 1.08 bits per heavy atom. The third kappa shape index (κ3) is 5.78. The van der Waals surface area contributed by atoms with Crippen LogP contribution in [0.1, 0.15) is 31.9 Å². The molecule has 0 amide bonds. The number of aliphatic hydroxyl groups excluding tert-OH is 1. The molecule has 0 atom stereocenters. The second-order valence-electron chi connectivity index (χ2n) is 6.61. The number of ether oxygens (including phenoxy) is 2. The predicted octanol–water partition coefficient (Wildman–Crippen LogP) is 4.83. The first-order valence-electron chi connectivity index (χ1n) is 8.53. The number of benzene rings is 2. The van der Waals surface area contributed by atoms with Gasteiger partial charge in [0, 0.05) is 22.7 Å². The van der Waals surface area contributed by atoms with Crippen LogP contribution >= 0.6 is 23.2 Å². The monoisotopic (exact) mass is 397 g/mol. The zero-order chi connectivity index (χ0) is 19.2. The van der Waals surface area contributed by atoms with Gasteiger partial charge in [-0.2, -0.15) is 0 Å². The number of aliphatic hydroxyl groups is 1. The summed E-state index contributed by atoms with van der Waals surface area (Å²) in [6.45, 7) is 7.16. The van der Waals surface area contributed by atoms with E-state index in [4.69, 9.17) is 32.7 Å². The van der Waals surface area contributed by atoms with Crippen molar-refractivity contribution in [2.75, 3.05) is 13.2 Å². The van der Waals surface area contributed by atoms with Gasteiger partial charge in [-0.15, -0.1) is 0 Å². The highest BCUT2D eigenvalue weighted by molar-refractivity contribution is 6.32. The maximum Gasteiger partial charge on any atom is 0.180 e. The van der Waals surface area contributed by atoms with Gasteiger partial charge in [0.1, 0.15) is 6.61 Å². The lowest BCUT2D eigenvalue weighted by Gasteiger charge is -2.24. The van der Waals surface area contributed by atoms with Crippen molar-refractivity contribution >= 4 is 23.2 Å². The average Bonchev–Trinajstić information content (AvgIpc) is 2.61. The molecule has 0 unspecified atom stereocenters. The van der Waals surface area contributed by atoms with Crippen LogP contribution in [0.2, 0.25) is 10.0 Å². The maximum atomic E-state index is 9.37. The van der Waals surface area contributed by atoms with Crippen molar-refractivity contribution in [3.63, 3.8) is 0 Å². The van der Waals surface area contributed by atoms with E-state index in [2.05, 4.69) is 5.32 Å². The largest absolute Gasteiger partial charge is 0.490 e. The van der Waals surface area contributed by atoms with Gasteiger partial charge >= 0.3 is 0 Å². The SMILES string of the molecule is CCOc1cc(CNC(C)(C)CO)cc(Cl)c1OCc1ccccc1Cl. The topological polar surface area (TPSA) is 50.7 Å². The summed E-state index contributed by atoms with van der Waals surface area (Å²) in [6, 6.07) is 11.3. The summed E-state index contributed by atoms with van der Waals surface area (Å²) in [6.07, 6.45) is 0. The van der Waals surface area contributed by atoms with Crippen LogP contribution in [0, 0.1) is 0 Å². The van der Waals surface area contributed by atoms with Gasteiger partial charge in [0.15, 0.2) is 11.5 Å². The quantitative estimate of drug-likeness (QED) is 0.635. The zero-order valence-corrected chi connectivity index (χ0v) is 16.8. The van der Waals surface area contributed by atoms with Crippen LogP contribution in [0.15, 0.2) is 36.4 Å². The summed E-state index contributed by atoms with van der Waals surface area (Å²) in [7, 11) is 0. The Hall–Kier alpha value is -1.46. The minimum absolute atomic E-state index is 0.0398. The smallest absolute Gasteiger partial charge is 0.180 e. The number of halogens is 2. The Labute approximate surface area is 165 Å². The van der Waals surface area contributed by atoms with E-state index in [1.165, 1.54) is 0 Å². The molecule has 0 fully saturated rings. The Bertz CT molecular complexity index is 735. The molecule has 2 aromatic carbocycles. The van der Waals surface area contributed by atoms with E-state index in [1.807, 2.05) is 57.2 Å². The van der Waals surface area contributed by atoms with Gasteiger partial charge < -0.3 is 19.9 Å². The molecule has 142 valence electrons. The molecule has 0 aromatic heterocycles. The van der Waals surface area contributed by atoms with Gasteiger partial charge in [-0.1, -0.05) is 41.4 Å². The van der Waals surface area contributed by atoms with Crippen LogP contribution < -0.4 is 14.8 Å². The Morgan fingerprint density at radius 2 is 1.81 bits per heavy atom. The summed E-state index contributed by atoms with van der Waals surface area (Å²) in [5.41, 5.74) is 1.45. The normalized spacial score (nSPS) is 11.5. The van der Waals surface area contributed by atoms with Crippen molar-refractivity contribution in [2.24, 2.45) is 0 Å². The standard InChI is InChI=1S/C20H25Cl2NO3/c1-4-25-18-10-14(11-23-20(2,3)13-24)9-17(22)19(18)26-12-15-7-5-6-8-16(15)21/h5-10,23-24H,4,11-13H2,1-3H3. The molecule has 0 aliphatic carbocycles. The second-order valence-corrected chi connectivity index (χ2v) is 7.43. The zero-order valence-electron chi connectivity index (χ0n) is 15.3. The van der Waals surface area contributed by atoms with Gasteiger partial charge in [-0.3, -0.25) is 0 Å². The van der Waals surface area contributed by atoms with Crippen molar-refractivity contribution in [1.29, 1.82) is 0 Å². The van der Waals surface area contributed by atoms with Crippen molar-refractivity contribution in [2.45, 2.75) is 39.5 Å². The van der Waals surface area contributed by atoms with E-state index in [1.54, 1.807) is 0 Å². The van der Waals surface area contributed by atoms with Crippen LogP contribution in [0.5, 0.6) is 11.5 Å². The molecule has 0 radical (unpaired) electrons. The first-order valence-corrected chi connectivity index (χ1v) is 9.29. The highest BCUT2D eigenvalue weighted by atomic mass is 35.5. The van der Waals surface area contributed by atoms with Crippen molar-refractivity contribution in [3.05, 3.63) is 57.6 Å². The molecule has 0 heterocycles. The van der Waals surface area contributed by atoms with E-state index in [0.717, 1.165) is 11.1 Å². The van der Waals surface area contributed by atoms with E-state index in [-0.39, 0.29) is 12.1 Å². The third-order valence-corrected chi connectivity index (χ3v) is 4.51.